The number of amides is 2. The zero-order chi connectivity index (χ0) is 33.0. The molecule has 2 aliphatic carbocycles. The van der Waals surface area contributed by atoms with Gasteiger partial charge >= 0.3 is 12.2 Å². The monoisotopic (exact) mass is 650 g/mol. The number of hydrogen-bond donors (Lipinski definition) is 2. The molecule has 2 aliphatic rings. The molecule has 9 heteroatoms. The van der Waals surface area contributed by atoms with Crippen molar-refractivity contribution < 1.29 is 33.3 Å². The molecule has 0 aliphatic heterocycles. The van der Waals surface area contributed by atoms with Gasteiger partial charge in [0, 0.05) is 31.5 Å². The fourth-order valence-electron chi connectivity index (χ4n) is 6.43. The van der Waals surface area contributed by atoms with Crippen LogP contribution in [0.4, 0.5) is 9.59 Å². The summed E-state index contributed by atoms with van der Waals surface area (Å²) in [7, 11) is 0. The second kappa shape index (κ2) is 16.9. The van der Waals surface area contributed by atoms with E-state index in [9.17, 15) is 9.59 Å². The summed E-state index contributed by atoms with van der Waals surface area (Å²) in [6.07, 6.45) is -0.208. The maximum Gasteiger partial charge on any atom is 0.407 e. The molecule has 0 saturated carbocycles. The van der Waals surface area contributed by atoms with E-state index < -0.39 is 12.2 Å². The molecule has 6 rings (SSSR count). The Morgan fingerprint density at radius 3 is 1.25 bits per heavy atom. The van der Waals surface area contributed by atoms with E-state index in [0.717, 1.165) is 0 Å². The minimum Gasteiger partial charge on any atom is -0.449 e. The number of carbonyl (C=O) groups excluding carboxylic acids is 2. The van der Waals surface area contributed by atoms with Crippen molar-refractivity contribution in [1.29, 1.82) is 0 Å². The van der Waals surface area contributed by atoms with Crippen molar-refractivity contribution >= 4 is 12.2 Å². The Hall–Kier alpha value is -4.70. The van der Waals surface area contributed by atoms with Crippen LogP contribution in [-0.2, 0) is 23.7 Å². The Morgan fingerprint density at radius 2 is 0.812 bits per heavy atom. The van der Waals surface area contributed by atoms with E-state index in [4.69, 9.17) is 23.7 Å². The molecule has 250 valence electrons. The highest BCUT2D eigenvalue weighted by molar-refractivity contribution is 5.80. The molecular weight excluding hydrogens is 608 g/mol. The topological polar surface area (TPSA) is 104 Å². The number of nitrogens with one attached hydrogen (secondary N) is 2. The van der Waals surface area contributed by atoms with Gasteiger partial charge in [0.1, 0.15) is 13.2 Å². The van der Waals surface area contributed by atoms with Crippen LogP contribution in [0.3, 0.4) is 0 Å². The third-order valence-electron chi connectivity index (χ3n) is 8.68. The summed E-state index contributed by atoms with van der Waals surface area (Å²) >= 11 is 0. The number of alkyl carbamates (subject to hydrolysis) is 2. The molecule has 0 fully saturated rings. The van der Waals surface area contributed by atoms with Gasteiger partial charge in [-0.25, -0.2) is 9.59 Å². The Bertz CT molecular complexity index is 1460. The first kappa shape index (κ1) is 33.2. The minimum atomic E-state index is -0.456. The summed E-state index contributed by atoms with van der Waals surface area (Å²) in [6.45, 7) is 4.01. The molecular formula is C39H42N2O7. The van der Waals surface area contributed by atoms with Gasteiger partial charge in [-0.05, 0) is 50.9 Å². The number of ether oxygens (including phenoxy) is 5. The lowest BCUT2D eigenvalue weighted by Gasteiger charge is -2.14. The molecule has 0 spiro atoms. The predicted molar refractivity (Wildman–Crippen MR) is 183 cm³/mol. The van der Waals surface area contributed by atoms with E-state index in [1.165, 1.54) is 44.5 Å². The number of carbonyl (C=O) groups is 2. The van der Waals surface area contributed by atoms with Crippen LogP contribution in [0.25, 0.3) is 22.3 Å². The fourth-order valence-corrected chi connectivity index (χ4v) is 6.43. The second-order valence-corrected chi connectivity index (χ2v) is 11.7. The van der Waals surface area contributed by atoms with E-state index in [2.05, 4.69) is 59.2 Å². The Balaban J connectivity index is 0.736. The van der Waals surface area contributed by atoms with E-state index in [-0.39, 0.29) is 18.4 Å². The molecule has 0 radical (unpaired) electrons. The summed E-state index contributed by atoms with van der Waals surface area (Å²) in [5.41, 5.74) is 9.56. The van der Waals surface area contributed by atoms with Gasteiger partial charge in [-0.1, -0.05) is 97.1 Å². The lowest BCUT2D eigenvalue weighted by molar-refractivity contribution is 0.0146. The van der Waals surface area contributed by atoms with Crippen molar-refractivity contribution in [3.05, 3.63) is 119 Å². The van der Waals surface area contributed by atoms with Crippen LogP contribution in [0.2, 0.25) is 0 Å². The van der Waals surface area contributed by atoms with Crippen LogP contribution in [0.15, 0.2) is 97.1 Å². The van der Waals surface area contributed by atoms with Gasteiger partial charge in [0.05, 0.1) is 33.0 Å². The highest BCUT2D eigenvalue weighted by atomic mass is 16.6. The summed E-state index contributed by atoms with van der Waals surface area (Å²) in [5.74, 6) is 0.0780. The Kier molecular flexibility index (Phi) is 11.7. The van der Waals surface area contributed by atoms with Crippen LogP contribution in [-0.4, -0.2) is 78.1 Å². The lowest BCUT2D eigenvalue weighted by Crippen LogP contribution is -2.29. The molecule has 0 aromatic heterocycles. The third-order valence-corrected chi connectivity index (χ3v) is 8.68. The van der Waals surface area contributed by atoms with Crippen molar-refractivity contribution in [3.8, 4) is 22.3 Å². The van der Waals surface area contributed by atoms with Crippen molar-refractivity contribution in [1.82, 2.24) is 10.6 Å². The average molecular weight is 651 g/mol. The third kappa shape index (κ3) is 8.23. The van der Waals surface area contributed by atoms with Crippen LogP contribution in [0.5, 0.6) is 0 Å². The van der Waals surface area contributed by atoms with Crippen molar-refractivity contribution in [2.24, 2.45) is 0 Å². The molecule has 2 amide bonds. The van der Waals surface area contributed by atoms with E-state index >= 15 is 0 Å². The zero-order valence-corrected chi connectivity index (χ0v) is 27.0. The number of rotatable bonds is 17. The molecule has 9 nitrogen and oxygen atoms in total. The lowest BCUT2D eigenvalue weighted by atomic mass is 9.98. The van der Waals surface area contributed by atoms with Gasteiger partial charge in [-0.2, -0.15) is 0 Å². The normalized spacial score (nSPS) is 12.9. The van der Waals surface area contributed by atoms with Gasteiger partial charge < -0.3 is 34.3 Å². The maximum absolute atomic E-state index is 12.3. The number of benzene rings is 4. The molecule has 2 N–H and O–H groups in total. The first-order valence-electron chi connectivity index (χ1n) is 16.6. The quantitative estimate of drug-likeness (QED) is 0.126. The maximum atomic E-state index is 12.3. The van der Waals surface area contributed by atoms with Gasteiger partial charge in [0.15, 0.2) is 0 Å². The smallest absolute Gasteiger partial charge is 0.407 e. The molecule has 0 saturated heterocycles. The van der Waals surface area contributed by atoms with Crippen molar-refractivity contribution in [2.75, 3.05) is 65.9 Å². The average Bonchev–Trinajstić information content (AvgIpc) is 3.62. The summed E-state index contributed by atoms with van der Waals surface area (Å²) in [5, 5.41) is 5.54. The van der Waals surface area contributed by atoms with E-state index in [1.54, 1.807) is 0 Å². The van der Waals surface area contributed by atoms with Crippen LogP contribution in [0, 0.1) is 0 Å². The minimum absolute atomic E-state index is 0.0337. The van der Waals surface area contributed by atoms with Crippen molar-refractivity contribution in [2.45, 2.75) is 18.3 Å². The summed E-state index contributed by atoms with van der Waals surface area (Å²) in [4.78, 5) is 24.5. The van der Waals surface area contributed by atoms with Gasteiger partial charge in [-0.15, -0.1) is 0 Å². The molecule has 4 aromatic rings. The molecule has 4 aromatic carbocycles. The largest absolute Gasteiger partial charge is 0.449 e. The Labute approximate surface area is 281 Å². The number of fused-ring (bicyclic) bond motifs is 6. The van der Waals surface area contributed by atoms with E-state index in [1.807, 2.05) is 48.5 Å². The van der Waals surface area contributed by atoms with Crippen molar-refractivity contribution in [3.63, 3.8) is 0 Å². The second-order valence-electron chi connectivity index (χ2n) is 11.7. The standard InChI is InChI=1S/C39H42N2O7/c42-38(47-26-36-32-14-5-1-10-28(32)29-11-2-6-15-33(29)36)40-18-9-20-44-22-24-46-25-23-45-21-19-41-39(43)48-27-37-34-16-7-3-12-30(34)31-13-4-8-17-35(31)37/h1-8,10-17,36-37H,9,18-27H2,(H,40,42)(H,41,43). The molecule has 0 atom stereocenters. The van der Waals surface area contributed by atoms with Crippen LogP contribution >= 0.6 is 0 Å². The molecule has 0 heterocycles. The molecule has 48 heavy (non-hydrogen) atoms. The summed E-state index contributed by atoms with van der Waals surface area (Å²) in [6, 6.07) is 33.1. The zero-order valence-electron chi connectivity index (χ0n) is 27.0. The van der Waals surface area contributed by atoms with Crippen LogP contribution < -0.4 is 10.6 Å². The highest BCUT2D eigenvalue weighted by Gasteiger charge is 2.30. The van der Waals surface area contributed by atoms with Gasteiger partial charge in [-0.3, -0.25) is 0 Å². The first-order chi connectivity index (χ1) is 23.7. The highest BCUT2D eigenvalue weighted by Crippen LogP contribution is 2.45. The van der Waals surface area contributed by atoms with Gasteiger partial charge in [0.2, 0.25) is 0 Å². The molecule has 0 unspecified atom stereocenters. The van der Waals surface area contributed by atoms with E-state index in [0.29, 0.717) is 65.8 Å². The van der Waals surface area contributed by atoms with Crippen LogP contribution in [0.1, 0.15) is 40.5 Å². The SMILES string of the molecule is O=C(NCCCOCCOCCOCCNC(=O)OCC1c2ccccc2-c2ccccc21)OCC1c2ccccc2-c2ccccc21. The Morgan fingerprint density at radius 1 is 0.458 bits per heavy atom. The predicted octanol–water partition coefficient (Wildman–Crippen LogP) is 6.50. The number of hydrogen-bond acceptors (Lipinski definition) is 7. The fraction of sp³-hybridized carbons (Fsp3) is 0.333. The first-order valence-corrected chi connectivity index (χ1v) is 16.6. The molecule has 0 bridgehead atoms. The summed E-state index contributed by atoms with van der Waals surface area (Å²) < 4.78 is 27.8. The van der Waals surface area contributed by atoms with Gasteiger partial charge in [0.25, 0.3) is 0 Å².